The van der Waals surface area contributed by atoms with Crippen molar-refractivity contribution in [3.63, 3.8) is 0 Å². The van der Waals surface area contributed by atoms with Crippen LogP contribution in [0.25, 0.3) is 0 Å². The number of aliphatic carboxylic acids is 2. The van der Waals surface area contributed by atoms with Gasteiger partial charge in [-0.3, -0.25) is 10.2 Å². The van der Waals surface area contributed by atoms with Gasteiger partial charge >= 0.3 is 11.9 Å². The van der Waals surface area contributed by atoms with Gasteiger partial charge < -0.3 is 10.2 Å². The Kier molecular flexibility index (Phi) is 4.67. The molecule has 5 nitrogen and oxygen atoms in total. The van der Waals surface area contributed by atoms with Gasteiger partial charge in [0, 0.05) is 6.42 Å². The standard InChI is InChI=1S/C7H11NO4/c8-5(7(11)12)3-1-2-4-6(9)10/h8H,1-4H2,(H,9,10)(H,11,12). The summed E-state index contributed by atoms with van der Waals surface area (Å²) in [5.41, 5.74) is -0.361. The SMILES string of the molecule is N=C(CCCCC(=O)O)C(=O)O. The predicted octanol–water partition coefficient (Wildman–Crippen LogP) is 0.736. The van der Waals surface area contributed by atoms with Gasteiger partial charge in [0.15, 0.2) is 0 Å². The first-order chi connectivity index (χ1) is 5.54. The van der Waals surface area contributed by atoms with Crippen LogP contribution in [0.2, 0.25) is 0 Å². The second kappa shape index (κ2) is 5.29. The zero-order valence-corrected chi connectivity index (χ0v) is 6.54. The van der Waals surface area contributed by atoms with Gasteiger partial charge in [-0.2, -0.15) is 0 Å². The third-order valence-corrected chi connectivity index (χ3v) is 1.33. The highest BCUT2D eigenvalue weighted by Crippen LogP contribution is 2.00. The first kappa shape index (κ1) is 10.6. The molecule has 0 aromatic carbocycles. The molecule has 0 aliphatic carbocycles. The van der Waals surface area contributed by atoms with Crippen molar-refractivity contribution in [2.45, 2.75) is 25.7 Å². The van der Waals surface area contributed by atoms with Crippen LogP contribution in [-0.2, 0) is 9.59 Å². The van der Waals surface area contributed by atoms with Gasteiger partial charge in [-0.1, -0.05) is 0 Å². The fourth-order valence-corrected chi connectivity index (χ4v) is 0.685. The van der Waals surface area contributed by atoms with Crippen molar-refractivity contribution in [2.75, 3.05) is 0 Å². The maximum Gasteiger partial charge on any atom is 0.349 e. The van der Waals surface area contributed by atoms with Crippen LogP contribution in [0.5, 0.6) is 0 Å². The number of carbonyl (C=O) groups is 2. The number of nitrogens with one attached hydrogen (secondary N) is 1. The summed E-state index contributed by atoms with van der Waals surface area (Å²) < 4.78 is 0. The van der Waals surface area contributed by atoms with Crippen molar-refractivity contribution < 1.29 is 19.8 Å². The van der Waals surface area contributed by atoms with Crippen molar-refractivity contribution in [3.8, 4) is 0 Å². The molecule has 0 aliphatic heterocycles. The average molecular weight is 173 g/mol. The number of unbranched alkanes of at least 4 members (excludes halogenated alkanes) is 1. The molecule has 0 aliphatic rings. The lowest BCUT2D eigenvalue weighted by Gasteiger charge is -1.96. The van der Waals surface area contributed by atoms with Crippen molar-refractivity contribution in [1.82, 2.24) is 0 Å². The van der Waals surface area contributed by atoms with Crippen molar-refractivity contribution in [1.29, 1.82) is 5.41 Å². The first-order valence-corrected chi connectivity index (χ1v) is 3.56. The number of carboxylic acids is 2. The summed E-state index contributed by atoms with van der Waals surface area (Å²) in [6, 6.07) is 0. The van der Waals surface area contributed by atoms with E-state index in [1.807, 2.05) is 0 Å². The topological polar surface area (TPSA) is 98.5 Å². The molecule has 5 heteroatoms. The Morgan fingerprint density at radius 3 is 2.00 bits per heavy atom. The summed E-state index contributed by atoms with van der Waals surface area (Å²) in [5, 5.41) is 23.3. The molecular weight excluding hydrogens is 162 g/mol. The third-order valence-electron chi connectivity index (χ3n) is 1.33. The lowest BCUT2D eigenvalue weighted by Crippen LogP contribution is -2.10. The number of hydrogen-bond acceptors (Lipinski definition) is 3. The molecule has 0 aromatic heterocycles. The van der Waals surface area contributed by atoms with E-state index < -0.39 is 11.9 Å². The molecule has 0 saturated carbocycles. The highest BCUT2D eigenvalue weighted by atomic mass is 16.4. The van der Waals surface area contributed by atoms with Gasteiger partial charge in [0.05, 0.1) is 0 Å². The van der Waals surface area contributed by atoms with E-state index in [0.717, 1.165) is 0 Å². The first-order valence-electron chi connectivity index (χ1n) is 3.56. The molecule has 0 atom stereocenters. The largest absolute Gasteiger partial charge is 0.481 e. The molecule has 68 valence electrons. The van der Waals surface area contributed by atoms with Crippen LogP contribution < -0.4 is 0 Å². The summed E-state index contributed by atoms with van der Waals surface area (Å²) in [7, 11) is 0. The quantitative estimate of drug-likeness (QED) is 0.407. The van der Waals surface area contributed by atoms with Gasteiger partial charge in [-0.25, -0.2) is 4.79 Å². The Balaban J connectivity index is 3.38. The molecule has 0 heterocycles. The fourth-order valence-electron chi connectivity index (χ4n) is 0.685. The lowest BCUT2D eigenvalue weighted by atomic mass is 10.1. The van der Waals surface area contributed by atoms with Crippen molar-refractivity contribution in [3.05, 3.63) is 0 Å². The van der Waals surface area contributed by atoms with Crippen LogP contribution in [0.1, 0.15) is 25.7 Å². The van der Waals surface area contributed by atoms with Gasteiger partial charge in [0.25, 0.3) is 0 Å². The van der Waals surface area contributed by atoms with Crippen molar-refractivity contribution >= 4 is 17.7 Å². The van der Waals surface area contributed by atoms with Gasteiger partial charge in [-0.05, 0) is 19.3 Å². The number of carboxylic acid groups (broad SMARTS) is 2. The molecule has 0 aromatic rings. The minimum absolute atomic E-state index is 0.0346. The zero-order valence-electron chi connectivity index (χ0n) is 6.54. The summed E-state index contributed by atoms with van der Waals surface area (Å²) in [5.74, 6) is -2.12. The Bertz CT molecular complexity index is 200. The molecular formula is C7H11NO4. The second-order valence-electron chi connectivity index (χ2n) is 2.38. The predicted molar refractivity (Wildman–Crippen MR) is 41.5 cm³/mol. The molecule has 0 radical (unpaired) electrons. The fraction of sp³-hybridized carbons (Fsp3) is 0.571. The van der Waals surface area contributed by atoms with Gasteiger partial charge in [0.1, 0.15) is 5.71 Å². The zero-order chi connectivity index (χ0) is 9.56. The summed E-state index contributed by atoms with van der Waals surface area (Å²) >= 11 is 0. The highest BCUT2D eigenvalue weighted by molar-refractivity contribution is 6.34. The summed E-state index contributed by atoms with van der Waals surface area (Å²) in [6.07, 6.45) is 1.04. The van der Waals surface area contributed by atoms with E-state index in [2.05, 4.69) is 0 Å². The van der Waals surface area contributed by atoms with Crippen LogP contribution >= 0.6 is 0 Å². The molecule has 0 fully saturated rings. The Hall–Kier alpha value is -1.39. The smallest absolute Gasteiger partial charge is 0.349 e. The lowest BCUT2D eigenvalue weighted by molar-refractivity contribution is -0.137. The second-order valence-corrected chi connectivity index (χ2v) is 2.38. The van der Waals surface area contributed by atoms with E-state index in [1.165, 1.54) is 0 Å². The average Bonchev–Trinajstić information content (AvgIpc) is 1.97. The molecule has 3 N–H and O–H groups in total. The van der Waals surface area contributed by atoms with E-state index in [9.17, 15) is 9.59 Å². The van der Waals surface area contributed by atoms with E-state index in [0.29, 0.717) is 12.8 Å². The van der Waals surface area contributed by atoms with Crippen LogP contribution in [0.4, 0.5) is 0 Å². The molecule has 0 rings (SSSR count). The number of hydrogen-bond donors (Lipinski definition) is 3. The molecule has 12 heavy (non-hydrogen) atoms. The Morgan fingerprint density at radius 2 is 1.58 bits per heavy atom. The number of rotatable bonds is 6. The molecule has 0 amide bonds. The van der Waals surface area contributed by atoms with Gasteiger partial charge in [0.2, 0.25) is 0 Å². The third kappa shape index (κ3) is 5.40. The molecule has 0 unspecified atom stereocenters. The maximum absolute atomic E-state index is 10.1. The van der Waals surface area contributed by atoms with E-state index >= 15 is 0 Å². The summed E-state index contributed by atoms with van der Waals surface area (Å²) in [4.78, 5) is 20.1. The van der Waals surface area contributed by atoms with E-state index in [1.54, 1.807) is 0 Å². The monoisotopic (exact) mass is 173 g/mol. The summed E-state index contributed by atoms with van der Waals surface area (Å²) in [6.45, 7) is 0. The van der Waals surface area contributed by atoms with Crippen molar-refractivity contribution in [2.24, 2.45) is 0 Å². The molecule has 0 spiro atoms. The minimum atomic E-state index is -1.23. The van der Waals surface area contributed by atoms with Gasteiger partial charge in [-0.15, -0.1) is 0 Å². The molecule has 0 bridgehead atoms. The van der Waals surface area contributed by atoms with Crippen LogP contribution in [0.3, 0.4) is 0 Å². The highest BCUT2D eigenvalue weighted by Gasteiger charge is 2.05. The molecule has 0 saturated heterocycles. The Morgan fingerprint density at radius 1 is 1.08 bits per heavy atom. The van der Waals surface area contributed by atoms with Crippen LogP contribution in [0, 0.1) is 5.41 Å². The van der Waals surface area contributed by atoms with E-state index in [-0.39, 0.29) is 18.6 Å². The van der Waals surface area contributed by atoms with Crippen LogP contribution in [0.15, 0.2) is 0 Å². The van der Waals surface area contributed by atoms with Crippen LogP contribution in [-0.4, -0.2) is 27.9 Å². The minimum Gasteiger partial charge on any atom is -0.481 e. The maximum atomic E-state index is 10.1. The normalized spacial score (nSPS) is 9.33. The van der Waals surface area contributed by atoms with E-state index in [4.69, 9.17) is 15.6 Å². The Labute approximate surface area is 69.5 Å².